The third-order valence-corrected chi connectivity index (χ3v) is 6.25. The highest BCUT2D eigenvalue weighted by molar-refractivity contribution is 7.94. The highest BCUT2D eigenvalue weighted by atomic mass is 32.2. The van der Waals surface area contributed by atoms with E-state index in [1.54, 1.807) is 17.0 Å². The van der Waals surface area contributed by atoms with Crippen molar-refractivity contribution in [2.75, 3.05) is 21.5 Å². The number of hydrogen-bond acceptors (Lipinski definition) is 4. The first-order valence-electron chi connectivity index (χ1n) is 8.03. The normalized spacial score (nSPS) is 18.5. The number of anilines is 2. The number of para-hydroxylation sites is 1. The quantitative estimate of drug-likeness (QED) is 0.824. The summed E-state index contributed by atoms with van der Waals surface area (Å²) >= 11 is 0. The highest BCUT2D eigenvalue weighted by Crippen LogP contribution is 2.30. The van der Waals surface area contributed by atoms with Gasteiger partial charge in [0.15, 0.2) is 0 Å². The first-order chi connectivity index (χ1) is 12.0. The molecule has 25 heavy (non-hydrogen) atoms. The van der Waals surface area contributed by atoms with Crippen LogP contribution in [0.15, 0.2) is 48.5 Å². The van der Waals surface area contributed by atoms with Gasteiger partial charge in [-0.2, -0.15) is 0 Å². The van der Waals surface area contributed by atoms with Gasteiger partial charge in [0.2, 0.25) is 15.9 Å². The van der Waals surface area contributed by atoms with Gasteiger partial charge in [-0.1, -0.05) is 18.2 Å². The predicted octanol–water partition coefficient (Wildman–Crippen LogP) is 1.96. The molecule has 4 rings (SSSR count). The Hall–Kier alpha value is -2.67. The lowest BCUT2D eigenvalue weighted by atomic mass is 10.1. The second-order valence-electron chi connectivity index (χ2n) is 6.11. The van der Waals surface area contributed by atoms with E-state index in [0.717, 1.165) is 22.0 Å². The van der Waals surface area contributed by atoms with Gasteiger partial charge in [0.25, 0.3) is 5.91 Å². The summed E-state index contributed by atoms with van der Waals surface area (Å²) in [6, 6.07) is 13.9. The molecule has 0 aliphatic carbocycles. The van der Waals surface area contributed by atoms with Crippen LogP contribution >= 0.6 is 0 Å². The van der Waals surface area contributed by atoms with Crippen LogP contribution in [0, 0.1) is 0 Å². The van der Waals surface area contributed by atoms with Crippen molar-refractivity contribution < 1.29 is 18.0 Å². The van der Waals surface area contributed by atoms with Crippen LogP contribution in [-0.4, -0.2) is 32.5 Å². The molecule has 7 heteroatoms. The molecule has 2 aliphatic rings. The van der Waals surface area contributed by atoms with Gasteiger partial charge < -0.3 is 4.90 Å². The number of carbonyl (C=O) groups is 2. The Morgan fingerprint density at radius 3 is 2.36 bits per heavy atom. The van der Waals surface area contributed by atoms with Crippen LogP contribution in [0.5, 0.6) is 0 Å². The number of benzene rings is 2. The maximum atomic E-state index is 12.8. The van der Waals surface area contributed by atoms with E-state index < -0.39 is 15.9 Å². The van der Waals surface area contributed by atoms with Crippen molar-refractivity contribution in [3.05, 3.63) is 59.7 Å². The van der Waals surface area contributed by atoms with Gasteiger partial charge in [-0.3, -0.25) is 9.59 Å². The average Bonchev–Trinajstić information content (AvgIpc) is 3.15. The Morgan fingerprint density at radius 2 is 1.68 bits per heavy atom. The molecule has 0 atom stereocenters. The lowest BCUT2D eigenvalue weighted by Crippen LogP contribution is -2.30. The molecular formula is C18H16N2O4S. The predicted molar refractivity (Wildman–Crippen MR) is 94.2 cm³/mol. The average molecular weight is 356 g/mol. The Morgan fingerprint density at radius 1 is 0.960 bits per heavy atom. The van der Waals surface area contributed by atoms with E-state index in [-0.39, 0.29) is 23.8 Å². The fourth-order valence-corrected chi connectivity index (χ4v) is 4.77. The van der Waals surface area contributed by atoms with Crippen LogP contribution in [0.2, 0.25) is 0 Å². The Balaban J connectivity index is 1.61. The lowest BCUT2D eigenvalue weighted by molar-refractivity contribution is -0.116. The van der Waals surface area contributed by atoms with Gasteiger partial charge in [0.05, 0.1) is 11.4 Å². The molecule has 2 aromatic carbocycles. The van der Waals surface area contributed by atoms with E-state index in [0.29, 0.717) is 12.1 Å². The molecule has 1 fully saturated rings. The minimum absolute atomic E-state index is 0.00637. The zero-order valence-corrected chi connectivity index (χ0v) is 14.2. The molecule has 2 aromatic rings. The van der Waals surface area contributed by atoms with Gasteiger partial charge >= 0.3 is 0 Å². The van der Waals surface area contributed by atoms with Crippen LogP contribution in [-0.2, 0) is 21.2 Å². The number of carbonyl (C=O) groups excluding carboxylic acids is 2. The SMILES string of the molecule is O=C(c1ccc(N2C(=O)CCS2(=O)=O)cc1)N1CCc2ccccc21. The van der Waals surface area contributed by atoms with E-state index in [2.05, 4.69) is 0 Å². The Labute approximate surface area is 145 Å². The topological polar surface area (TPSA) is 74.8 Å². The summed E-state index contributed by atoms with van der Waals surface area (Å²) in [5.74, 6) is -0.739. The maximum Gasteiger partial charge on any atom is 0.258 e. The van der Waals surface area contributed by atoms with E-state index >= 15 is 0 Å². The van der Waals surface area contributed by atoms with Crippen molar-refractivity contribution in [2.45, 2.75) is 12.8 Å². The van der Waals surface area contributed by atoms with E-state index in [4.69, 9.17) is 0 Å². The number of nitrogens with zero attached hydrogens (tertiary/aromatic N) is 2. The molecule has 2 aliphatic heterocycles. The largest absolute Gasteiger partial charge is 0.308 e. The summed E-state index contributed by atoms with van der Waals surface area (Å²) in [5, 5.41) is 0. The first kappa shape index (κ1) is 15.8. The van der Waals surface area contributed by atoms with Crippen molar-refractivity contribution in [2.24, 2.45) is 0 Å². The molecule has 0 aromatic heterocycles. The van der Waals surface area contributed by atoms with Crippen LogP contribution in [0.4, 0.5) is 11.4 Å². The Kier molecular flexibility index (Phi) is 3.61. The highest BCUT2D eigenvalue weighted by Gasteiger charge is 2.36. The van der Waals surface area contributed by atoms with Crippen molar-refractivity contribution in [1.82, 2.24) is 0 Å². The van der Waals surface area contributed by atoms with E-state index in [9.17, 15) is 18.0 Å². The van der Waals surface area contributed by atoms with Crippen LogP contribution in [0.3, 0.4) is 0 Å². The third-order valence-electron chi connectivity index (χ3n) is 4.56. The summed E-state index contributed by atoms with van der Waals surface area (Å²) in [5.41, 5.74) is 2.79. The van der Waals surface area contributed by atoms with Crippen LogP contribution in [0.25, 0.3) is 0 Å². The molecular weight excluding hydrogens is 340 g/mol. The monoisotopic (exact) mass is 356 g/mol. The molecule has 0 unspecified atom stereocenters. The fraction of sp³-hybridized carbons (Fsp3) is 0.222. The number of sulfonamides is 1. The third kappa shape index (κ3) is 2.60. The summed E-state index contributed by atoms with van der Waals surface area (Å²) in [7, 11) is -3.59. The zero-order chi connectivity index (χ0) is 17.6. The standard InChI is InChI=1S/C18H16N2O4S/c21-17-10-12-25(23,24)20(17)15-7-5-14(6-8-15)18(22)19-11-9-13-3-1-2-4-16(13)19/h1-8H,9-12H2. The van der Waals surface area contributed by atoms with Crippen molar-refractivity contribution >= 4 is 33.2 Å². The number of hydrogen-bond donors (Lipinski definition) is 0. The number of fused-ring (bicyclic) bond motifs is 1. The molecule has 6 nitrogen and oxygen atoms in total. The maximum absolute atomic E-state index is 12.8. The Bertz CT molecular complexity index is 967. The van der Waals surface area contributed by atoms with E-state index in [1.165, 1.54) is 12.1 Å². The molecule has 2 amide bonds. The number of rotatable bonds is 2. The first-order valence-corrected chi connectivity index (χ1v) is 9.64. The molecule has 2 heterocycles. The zero-order valence-electron chi connectivity index (χ0n) is 13.4. The van der Waals surface area contributed by atoms with Crippen LogP contribution in [0.1, 0.15) is 22.3 Å². The van der Waals surface area contributed by atoms with Gasteiger partial charge in [0, 0.05) is 24.2 Å². The summed E-state index contributed by atoms with van der Waals surface area (Å²) in [6.07, 6.45) is 0.814. The minimum Gasteiger partial charge on any atom is -0.308 e. The molecule has 0 spiro atoms. The van der Waals surface area contributed by atoms with E-state index in [1.807, 2.05) is 24.3 Å². The van der Waals surface area contributed by atoms with Gasteiger partial charge in [-0.15, -0.1) is 0 Å². The number of amides is 2. The summed E-state index contributed by atoms with van der Waals surface area (Å²) < 4.78 is 24.8. The lowest BCUT2D eigenvalue weighted by Gasteiger charge is -2.19. The van der Waals surface area contributed by atoms with Crippen molar-refractivity contribution in [3.63, 3.8) is 0 Å². The molecule has 0 bridgehead atoms. The molecule has 0 radical (unpaired) electrons. The van der Waals surface area contributed by atoms with Gasteiger partial charge in [-0.25, -0.2) is 12.7 Å². The second kappa shape index (κ2) is 5.70. The molecule has 128 valence electrons. The van der Waals surface area contributed by atoms with Crippen molar-refractivity contribution in [3.8, 4) is 0 Å². The second-order valence-corrected chi connectivity index (χ2v) is 8.04. The smallest absolute Gasteiger partial charge is 0.258 e. The van der Waals surface area contributed by atoms with Crippen LogP contribution < -0.4 is 9.21 Å². The minimum atomic E-state index is -3.59. The molecule has 1 saturated heterocycles. The summed E-state index contributed by atoms with van der Waals surface area (Å²) in [6.45, 7) is 0.624. The fourth-order valence-electron chi connectivity index (χ4n) is 3.31. The van der Waals surface area contributed by atoms with Gasteiger partial charge in [-0.05, 0) is 42.3 Å². The molecule has 0 saturated carbocycles. The summed E-state index contributed by atoms with van der Waals surface area (Å²) in [4.78, 5) is 26.3. The van der Waals surface area contributed by atoms with Crippen molar-refractivity contribution in [1.29, 1.82) is 0 Å². The van der Waals surface area contributed by atoms with Gasteiger partial charge in [0.1, 0.15) is 0 Å². The molecule has 0 N–H and O–H groups in total.